The van der Waals surface area contributed by atoms with Gasteiger partial charge >= 0.3 is 5.97 Å². The molecular formula is C15H26O3. The van der Waals surface area contributed by atoms with Gasteiger partial charge in [0.25, 0.3) is 0 Å². The van der Waals surface area contributed by atoms with E-state index in [1.54, 1.807) is 0 Å². The Kier molecular flexibility index (Phi) is 5.04. The van der Waals surface area contributed by atoms with Crippen LogP contribution in [0.25, 0.3) is 0 Å². The predicted octanol–water partition coefficient (Wildman–Crippen LogP) is 3.31. The van der Waals surface area contributed by atoms with Crippen LogP contribution in [0.4, 0.5) is 0 Å². The van der Waals surface area contributed by atoms with Crippen LogP contribution in [0.3, 0.4) is 0 Å². The van der Waals surface area contributed by atoms with Crippen LogP contribution in [-0.4, -0.2) is 24.8 Å². The zero-order valence-corrected chi connectivity index (χ0v) is 11.7. The standard InChI is InChI=1S/C15H26O3/c1-3-5-6-11(4-2)10-17-15(16)12-7-8-13-14(9-12)18-13/h11-14H,3-10H2,1-2H3. The van der Waals surface area contributed by atoms with E-state index in [-0.39, 0.29) is 11.9 Å². The summed E-state index contributed by atoms with van der Waals surface area (Å²) in [4.78, 5) is 12.0. The summed E-state index contributed by atoms with van der Waals surface area (Å²) < 4.78 is 11.0. The second kappa shape index (κ2) is 6.55. The van der Waals surface area contributed by atoms with Gasteiger partial charge in [-0.25, -0.2) is 0 Å². The third kappa shape index (κ3) is 3.71. The molecule has 2 rings (SSSR count). The smallest absolute Gasteiger partial charge is 0.309 e. The molecule has 1 saturated heterocycles. The molecule has 0 aromatic heterocycles. The van der Waals surface area contributed by atoms with E-state index in [1.807, 2.05) is 0 Å². The number of carbonyl (C=O) groups excluding carboxylic acids is 1. The van der Waals surface area contributed by atoms with Crippen molar-refractivity contribution in [3.05, 3.63) is 0 Å². The SMILES string of the molecule is CCCCC(CC)COC(=O)C1CCC2OC2C1. The summed E-state index contributed by atoms with van der Waals surface area (Å²) in [5.41, 5.74) is 0. The van der Waals surface area contributed by atoms with E-state index >= 15 is 0 Å². The molecule has 0 bridgehead atoms. The maximum absolute atomic E-state index is 12.0. The summed E-state index contributed by atoms with van der Waals surface area (Å²) >= 11 is 0. The quantitative estimate of drug-likeness (QED) is 0.517. The Morgan fingerprint density at radius 2 is 2.17 bits per heavy atom. The van der Waals surface area contributed by atoms with E-state index in [2.05, 4.69) is 13.8 Å². The topological polar surface area (TPSA) is 38.8 Å². The molecule has 18 heavy (non-hydrogen) atoms. The van der Waals surface area contributed by atoms with Crippen molar-refractivity contribution in [1.82, 2.24) is 0 Å². The third-order valence-corrected chi connectivity index (χ3v) is 4.34. The number of ether oxygens (including phenoxy) is 2. The Hall–Kier alpha value is -0.570. The number of hydrogen-bond acceptors (Lipinski definition) is 3. The molecule has 1 saturated carbocycles. The van der Waals surface area contributed by atoms with Crippen molar-refractivity contribution in [3.8, 4) is 0 Å². The molecule has 0 spiro atoms. The van der Waals surface area contributed by atoms with Crippen LogP contribution in [0, 0.1) is 11.8 Å². The van der Waals surface area contributed by atoms with Gasteiger partial charge in [-0.05, 0) is 31.6 Å². The van der Waals surface area contributed by atoms with Gasteiger partial charge in [0.2, 0.25) is 0 Å². The van der Waals surface area contributed by atoms with Crippen molar-refractivity contribution in [2.45, 2.75) is 71.0 Å². The predicted molar refractivity (Wildman–Crippen MR) is 70.3 cm³/mol. The van der Waals surface area contributed by atoms with Gasteiger partial charge in [0.15, 0.2) is 0 Å². The van der Waals surface area contributed by atoms with Gasteiger partial charge in [-0.3, -0.25) is 4.79 Å². The molecule has 4 unspecified atom stereocenters. The molecule has 1 heterocycles. The Balaban J connectivity index is 1.66. The highest BCUT2D eigenvalue weighted by molar-refractivity contribution is 5.72. The second-order valence-corrected chi connectivity index (χ2v) is 5.77. The zero-order valence-electron chi connectivity index (χ0n) is 11.7. The van der Waals surface area contributed by atoms with Gasteiger partial charge in [-0.15, -0.1) is 0 Å². The maximum Gasteiger partial charge on any atom is 0.309 e. The molecule has 4 atom stereocenters. The van der Waals surface area contributed by atoms with Crippen molar-refractivity contribution in [1.29, 1.82) is 0 Å². The first-order valence-electron chi connectivity index (χ1n) is 7.56. The fraction of sp³-hybridized carbons (Fsp3) is 0.933. The third-order valence-electron chi connectivity index (χ3n) is 4.34. The molecule has 0 N–H and O–H groups in total. The van der Waals surface area contributed by atoms with Crippen molar-refractivity contribution in [2.24, 2.45) is 11.8 Å². The Morgan fingerprint density at radius 1 is 1.33 bits per heavy atom. The molecule has 2 fully saturated rings. The minimum atomic E-state index is 0.0129. The normalized spacial score (nSPS) is 31.6. The lowest BCUT2D eigenvalue weighted by atomic mass is 9.89. The van der Waals surface area contributed by atoms with Crippen molar-refractivity contribution < 1.29 is 14.3 Å². The van der Waals surface area contributed by atoms with E-state index in [0.29, 0.717) is 24.7 Å². The highest BCUT2D eigenvalue weighted by Crippen LogP contribution is 2.39. The largest absolute Gasteiger partial charge is 0.465 e. The monoisotopic (exact) mass is 254 g/mol. The highest BCUT2D eigenvalue weighted by atomic mass is 16.6. The molecule has 2 aliphatic rings. The van der Waals surface area contributed by atoms with Crippen molar-refractivity contribution in [2.75, 3.05) is 6.61 Å². The number of carbonyl (C=O) groups is 1. The average Bonchev–Trinajstić information content (AvgIpc) is 3.16. The van der Waals surface area contributed by atoms with E-state index in [9.17, 15) is 4.79 Å². The molecule has 104 valence electrons. The first kappa shape index (κ1) is 13.9. The minimum absolute atomic E-state index is 0.0129. The number of rotatable bonds is 7. The molecule has 3 heteroatoms. The number of unbranched alkanes of at least 4 members (excludes halogenated alkanes) is 1. The van der Waals surface area contributed by atoms with Crippen LogP contribution in [0.15, 0.2) is 0 Å². The van der Waals surface area contributed by atoms with Gasteiger partial charge in [-0.2, -0.15) is 0 Å². The number of epoxide rings is 1. The lowest BCUT2D eigenvalue weighted by Crippen LogP contribution is -2.25. The molecule has 1 aliphatic carbocycles. The van der Waals surface area contributed by atoms with Gasteiger partial charge < -0.3 is 9.47 Å². The van der Waals surface area contributed by atoms with Crippen LogP contribution in [-0.2, 0) is 14.3 Å². The lowest BCUT2D eigenvalue weighted by Gasteiger charge is -2.20. The summed E-state index contributed by atoms with van der Waals surface area (Å²) in [7, 11) is 0. The molecule has 0 amide bonds. The fourth-order valence-corrected chi connectivity index (χ4v) is 2.83. The summed E-state index contributed by atoms with van der Waals surface area (Å²) in [6.07, 6.45) is 8.42. The fourth-order valence-electron chi connectivity index (χ4n) is 2.83. The highest BCUT2D eigenvalue weighted by Gasteiger charge is 2.46. The van der Waals surface area contributed by atoms with E-state index in [1.165, 1.54) is 19.3 Å². The zero-order chi connectivity index (χ0) is 13.0. The van der Waals surface area contributed by atoms with Gasteiger partial charge in [-0.1, -0.05) is 33.1 Å². The van der Waals surface area contributed by atoms with Crippen LogP contribution < -0.4 is 0 Å². The number of hydrogen-bond donors (Lipinski definition) is 0. The van der Waals surface area contributed by atoms with Gasteiger partial charge in [0.05, 0.1) is 24.7 Å². The molecule has 0 aromatic rings. The number of esters is 1. The van der Waals surface area contributed by atoms with E-state index < -0.39 is 0 Å². The lowest BCUT2D eigenvalue weighted by molar-refractivity contribution is -0.151. The van der Waals surface area contributed by atoms with Gasteiger partial charge in [0.1, 0.15) is 0 Å². The molecular weight excluding hydrogens is 228 g/mol. The first-order chi connectivity index (χ1) is 8.74. The molecule has 0 radical (unpaired) electrons. The van der Waals surface area contributed by atoms with E-state index in [0.717, 1.165) is 25.7 Å². The van der Waals surface area contributed by atoms with Gasteiger partial charge in [0, 0.05) is 0 Å². The second-order valence-electron chi connectivity index (χ2n) is 5.77. The Morgan fingerprint density at radius 3 is 2.83 bits per heavy atom. The van der Waals surface area contributed by atoms with Crippen LogP contribution in [0.1, 0.15) is 58.8 Å². The van der Waals surface area contributed by atoms with Crippen molar-refractivity contribution in [3.63, 3.8) is 0 Å². The van der Waals surface area contributed by atoms with Crippen LogP contribution >= 0.6 is 0 Å². The van der Waals surface area contributed by atoms with Crippen LogP contribution in [0.2, 0.25) is 0 Å². The molecule has 3 nitrogen and oxygen atoms in total. The Labute approximate surface area is 110 Å². The Bertz CT molecular complexity index is 277. The van der Waals surface area contributed by atoms with E-state index in [4.69, 9.17) is 9.47 Å². The summed E-state index contributed by atoms with van der Waals surface area (Å²) in [6, 6.07) is 0. The average molecular weight is 254 g/mol. The summed E-state index contributed by atoms with van der Waals surface area (Å²) in [5, 5.41) is 0. The molecule has 0 aromatic carbocycles. The molecule has 1 aliphatic heterocycles. The summed E-state index contributed by atoms with van der Waals surface area (Å²) in [5.74, 6) is 0.652. The number of fused-ring (bicyclic) bond motifs is 1. The summed E-state index contributed by atoms with van der Waals surface area (Å²) in [6.45, 7) is 4.99. The minimum Gasteiger partial charge on any atom is -0.465 e. The van der Waals surface area contributed by atoms with Crippen LogP contribution in [0.5, 0.6) is 0 Å². The van der Waals surface area contributed by atoms with Crippen molar-refractivity contribution >= 4 is 5.97 Å². The maximum atomic E-state index is 12.0. The first-order valence-corrected chi connectivity index (χ1v) is 7.56.